The molecule has 174 valence electrons. The molecule has 8 heteroatoms. The number of carbonyl (C=O) groups is 1. The molecule has 2 aromatic heterocycles. The number of halogens is 1. The molecule has 2 N–H and O–H groups in total. The van der Waals surface area contributed by atoms with Gasteiger partial charge in [-0.2, -0.15) is 0 Å². The van der Waals surface area contributed by atoms with E-state index in [4.69, 9.17) is 11.6 Å². The highest BCUT2D eigenvalue weighted by Gasteiger charge is 2.20. The zero-order valence-electron chi connectivity index (χ0n) is 18.9. The number of hydrogen-bond donors (Lipinski definition) is 2. The average Bonchev–Trinajstić information content (AvgIpc) is 3.23. The summed E-state index contributed by atoms with van der Waals surface area (Å²) in [5.41, 5.74) is 3.15. The fraction of sp³-hybridized carbons (Fsp3) is 0.192. The van der Waals surface area contributed by atoms with Crippen LogP contribution >= 0.6 is 22.9 Å². The first kappa shape index (κ1) is 23.9. The number of pyridine rings is 1. The normalized spacial score (nSPS) is 12.0. The minimum absolute atomic E-state index is 0.0661. The van der Waals surface area contributed by atoms with E-state index in [1.165, 1.54) is 0 Å². The molecule has 2 aromatic carbocycles. The summed E-state index contributed by atoms with van der Waals surface area (Å²) < 4.78 is 0. The number of rotatable bonds is 8. The fourth-order valence-corrected chi connectivity index (χ4v) is 4.49. The molecule has 0 fully saturated rings. The Morgan fingerprint density at radius 1 is 1.06 bits per heavy atom. The predicted molar refractivity (Wildman–Crippen MR) is 136 cm³/mol. The van der Waals surface area contributed by atoms with Crippen molar-refractivity contribution < 1.29 is 4.79 Å². The Balaban J connectivity index is 1.50. The Morgan fingerprint density at radius 2 is 1.76 bits per heavy atom. The van der Waals surface area contributed by atoms with Crippen molar-refractivity contribution in [3.05, 3.63) is 121 Å². The molecule has 6 nitrogen and oxygen atoms in total. The number of aromatic amines is 1. The van der Waals surface area contributed by atoms with Crippen LogP contribution in [0.5, 0.6) is 0 Å². The van der Waals surface area contributed by atoms with Crippen LogP contribution in [0, 0.1) is 6.92 Å². The first-order valence-electron chi connectivity index (χ1n) is 10.8. The van der Waals surface area contributed by atoms with Crippen molar-refractivity contribution in [1.82, 2.24) is 20.2 Å². The molecule has 0 unspecified atom stereocenters. The van der Waals surface area contributed by atoms with Crippen molar-refractivity contribution in [3.63, 3.8) is 0 Å². The minimum atomic E-state index is -0.442. The molecule has 0 bridgehead atoms. The smallest absolute Gasteiger partial charge is 0.261 e. The molecule has 4 rings (SSSR count). The number of hydrogen-bond acceptors (Lipinski definition) is 5. The van der Waals surface area contributed by atoms with Gasteiger partial charge in [0, 0.05) is 29.2 Å². The Hall–Kier alpha value is -3.26. The van der Waals surface area contributed by atoms with E-state index in [2.05, 4.69) is 20.2 Å². The number of aryl methyl sites for hydroxylation is 1. The number of aromatic nitrogens is 2. The molecule has 0 radical (unpaired) electrons. The third kappa shape index (κ3) is 5.99. The van der Waals surface area contributed by atoms with Crippen LogP contribution in [-0.2, 0) is 13.1 Å². The van der Waals surface area contributed by atoms with E-state index in [0.29, 0.717) is 18.1 Å². The van der Waals surface area contributed by atoms with E-state index in [0.717, 1.165) is 27.5 Å². The van der Waals surface area contributed by atoms with Crippen molar-refractivity contribution in [3.8, 4) is 0 Å². The van der Waals surface area contributed by atoms with E-state index < -0.39 is 17.5 Å². The molecule has 0 aliphatic heterocycles. The van der Waals surface area contributed by atoms with E-state index >= 15 is 0 Å². The molecule has 1 amide bonds. The number of thiazole rings is 1. The lowest BCUT2D eigenvalue weighted by molar-refractivity contribution is 0.0941. The Morgan fingerprint density at radius 3 is 2.41 bits per heavy atom. The molecule has 0 saturated heterocycles. The number of amides is 1. The average molecular weight is 493 g/mol. The second kappa shape index (κ2) is 10.8. The third-order valence-corrected chi connectivity index (χ3v) is 6.44. The lowest BCUT2D eigenvalue weighted by Gasteiger charge is -2.20. The molecule has 0 saturated carbocycles. The summed E-state index contributed by atoms with van der Waals surface area (Å²) in [6, 6.07) is 19.9. The Bertz CT molecular complexity index is 1320. The van der Waals surface area contributed by atoms with Crippen LogP contribution in [0.3, 0.4) is 0 Å². The van der Waals surface area contributed by atoms with Crippen molar-refractivity contribution in [2.75, 3.05) is 7.05 Å². The monoisotopic (exact) mass is 492 g/mol. The summed E-state index contributed by atoms with van der Waals surface area (Å²) in [4.78, 5) is 35.2. The largest absolute Gasteiger partial charge is 0.341 e. The van der Waals surface area contributed by atoms with E-state index in [9.17, 15) is 9.59 Å². The van der Waals surface area contributed by atoms with Crippen LogP contribution in [0.1, 0.15) is 43.9 Å². The predicted octanol–water partition coefficient (Wildman–Crippen LogP) is 4.94. The van der Waals surface area contributed by atoms with Gasteiger partial charge in [0.25, 0.3) is 11.5 Å². The van der Waals surface area contributed by atoms with Gasteiger partial charge in [-0.25, -0.2) is 4.98 Å². The van der Waals surface area contributed by atoms with Gasteiger partial charge >= 0.3 is 0 Å². The second-order valence-corrected chi connectivity index (χ2v) is 9.62. The zero-order valence-corrected chi connectivity index (χ0v) is 20.5. The van der Waals surface area contributed by atoms with Gasteiger partial charge in [0.15, 0.2) is 0 Å². The lowest BCUT2D eigenvalue weighted by Crippen LogP contribution is -2.33. The van der Waals surface area contributed by atoms with Gasteiger partial charge in [-0.1, -0.05) is 54.1 Å². The fourth-order valence-electron chi connectivity index (χ4n) is 3.76. The van der Waals surface area contributed by atoms with Gasteiger partial charge in [0.05, 0.1) is 16.7 Å². The van der Waals surface area contributed by atoms with Crippen LogP contribution in [-0.4, -0.2) is 27.8 Å². The number of benzene rings is 2. The summed E-state index contributed by atoms with van der Waals surface area (Å²) in [6.45, 7) is 3.18. The van der Waals surface area contributed by atoms with Gasteiger partial charge in [-0.15, -0.1) is 11.3 Å². The van der Waals surface area contributed by atoms with Crippen LogP contribution in [0.15, 0.2) is 76.9 Å². The summed E-state index contributed by atoms with van der Waals surface area (Å²) in [6.07, 6.45) is 0. The standard InChI is InChI=1S/C26H25ClN4O2S/c1-17-28-22(16-34-17)15-31(2)14-21-12-13-23(25(32)29-21)26(33)30-24(18-6-4-3-5-7-18)19-8-10-20(27)11-9-19/h3-13,16,24H,14-15H2,1-2H3,(H,29,32)(H,30,33)/t24-/m1/s1. The molecule has 0 aliphatic rings. The van der Waals surface area contributed by atoms with Crippen molar-refractivity contribution in [2.24, 2.45) is 0 Å². The topological polar surface area (TPSA) is 78.1 Å². The molecule has 0 aliphatic carbocycles. The van der Waals surface area contributed by atoms with Crippen molar-refractivity contribution in [2.45, 2.75) is 26.1 Å². The highest BCUT2D eigenvalue weighted by Crippen LogP contribution is 2.24. The van der Waals surface area contributed by atoms with Crippen LogP contribution in [0.25, 0.3) is 0 Å². The summed E-state index contributed by atoms with van der Waals surface area (Å²) in [5, 5.41) is 6.68. The lowest BCUT2D eigenvalue weighted by atomic mass is 9.98. The van der Waals surface area contributed by atoms with Gasteiger partial charge in [-0.05, 0) is 49.4 Å². The highest BCUT2D eigenvalue weighted by molar-refractivity contribution is 7.09. The van der Waals surface area contributed by atoms with Gasteiger partial charge in [0.1, 0.15) is 5.56 Å². The van der Waals surface area contributed by atoms with Crippen LogP contribution in [0.4, 0.5) is 0 Å². The Labute approximate surface area is 207 Å². The molecule has 0 spiro atoms. The second-order valence-electron chi connectivity index (χ2n) is 8.13. The first-order chi connectivity index (χ1) is 16.4. The van der Waals surface area contributed by atoms with Gasteiger partial charge in [-0.3, -0.25) is 14.5 Å². The molecule has 1 atom stereocenters. The highest BCUT2D eigenvalue weighted by atomic mass is 35.5. The zero-order chi connectivity index (χ0) is 24.1. The number of nitrogens with one attached hydrogen (secondary N) is 2. The van der Waals surface area contributed by atoms with E-state index in [1.54, 1.807) is 35.6 Å². The van der Waals surface area contributed by atoms with Crippen molar-refractivity contribution in [1.29, 1.82) is 0 Å². The maximum Gasteiger partial charge on any atom is 0.261 e. The minimum Gasteiger partial charge on any atom is -0.341 e. The van der Waals surface area contributed by atoms with E-state index in [-0.39, 0.29) is 5.56 Å². The summed E-state index contributed by atoms with van der Waals surface area (Å²) >= 11 is 7.66. The quantitative estimate of drug-likeness (QED) is 0.365. The molecule has 2 heterocycles. The Kier molecular flexibility index (Phi) is 7.57. The number of carbonyl (C=O) groups excluding carboxylic acids is 1. The van der Waals surface area contributed by atoms with Gasteiger partial charge in [0.2, 0.25) is 0 Å². The van der Waals surface area contributed by atoms with Crippen molar-refractivity contribution >= 4 is 28.8 Å². The summed E-state index contributed by atoms with van der Waals surface area (Å²) in [5.74, 6) is -0.442. The third-order valence-electron chi connectivity index (χ3n) is 5.36. The van der Waals surface area contributed by atoms with Crippen LogP contribution in [0.2, 0.25) is 5.02 Å². The molecule has 4 aromatic rings. The summed E-state index contributed by atoms with van der Waals surface area (Å²) in [7, 11) is 1.96. The molecular weight excluding hydrogens is 468 g/mol. The van der Waals surface area contributed by atoms with E-state index in [1.807, 2.05) is 61.8 Å². The molecular formula is C26H25ClN4O2S. The molecule has 34 heavy (non-hydrogen) atoms. The number of nitrogens with zero attached hydrogens (tertiary/aromatic N) is 2. The maximum atomic E-state index is 13.1. The maximum absolute atomic E-state index is 13.1. The van der Waals surface area contributed by atoms with Crippen LogP contribution < -0.4 is 10.9 Å². The SMILES string of the molecule is Cc1nc(CN(C)Cc2ccc(C(=O)N[C@H](c3ccccc3)c3ccc(Cl)cc3)c(=O)[nH]2)cs1. The van der Waals surface area contributed by atoms with Gasteiger partial charge < -0.3 is 10.3 Å². The first-order valence-corrected chi connectivity index (χ1v) is 12.1. The number of H-pyrrole nitrogens is 1.